The summed E-state index contributed by atoms with van der Waals surface area (Å²) in [7, 11) is 1.49. The molecule has 0 saturated carbocycles. The zero-order valence-corrected chi connectivity index (χ0v) is 11.8. The minimum Gasteiger partial charge on any atom is -0.493 e. The Labute approximate surface area is 117 Å². The summed E-state index contributed by atoms with van der Waals surface area (Å²) in [5, 5.41) is 4.15. The molecule has 0 saturated heterocycles. The van der Waals surface area contributed by atoms with Gasteiger partial charge in [0.25, 0.3) is 0 Å². The molecule has 106 valence electrons. The van der Waals surface area contributed by atoms with Gasteiger partial charge in [0.15, 0.2) is 11.5 Å². The molecule has 0 bridgehead atoms. The van der Waals surface area contributed by atoms with Crippen molar-refractivity contribution in [2.24, 2.45) is 0 Å². The summed E-state index contributed by atoms with van der Waals surface area (Å²) in [5.41, 5.74) is 0.752. The highest BCUT2D eigenvalue weighted by atomic mass is 19.1. The zero-order valence-electron chi connectivity index (χ0n) is 11.8. The number of ketones is 1. The van der Waals surface area contributed by atoms with Crippen LogP contribution >= 0.6 is 0 Å². The largest absolute Gasteiger partial charge is 0.493 e. The third kappa shape index (κ3) is 2.71. The van der Waals surface area contributed by atoms with E-state index in [1.165, 1.54) is 19.4 Å². The second kappa shape index (κ2) is 5.86. The van der Waals surface area contributed by atoms with E-state index in [2.05, 4.69) is 5.10 Å². The average molecular weight is 276 g/mol. The SMILES string of the molecule is COc1cnn(C(C)C)c1C(=O)Cc1ccccc1F. The van der Waals surface area contributed by atoms with Crippen LogP contribution < -0.4 is 4.74 Å². The zero-order chi connectivity index (χ0) is 14.7. The van der Waals surface area contributed by atoms with Crippen LogP contribution in [0.4, 0.5) is 4.39 Å². The summed E-state index contributed by atoms with van der Waals surface area (Å²) < 4.78 is 20.4. The summed E-state index contributed by atoms with van der Waals surface area (Å²) in [6, 6.07) is 6.29. The van der Waals surface area contributed by atoms with Crippen LogP contribution in [0.25, 0.3) is 0 Å². The first-order chi connectivity index (χ1) is 9.54. The molecule has 1 aromatic heterocycles. The van der Waals surface area contributed by atoms with E-state index in [1.54, 1.807) is 22.9 Å². The van der Waals surface area contributed by atoms with Gasteiger partial charge >= 0.3 is 0 Å². The van der Waals surface area contributed by atoms with Gasteiger partial charge in [-0.25, -0.2) is 4.39 Å². The van der Waals surface area contributed by atoms with Crippen molar-refractivity contribution in [3.05, 3.63) is 47.5 Å². The van der Waals surface area contributed by atoms with Gasteiger partial charge in [-0.05, 0) is 25.5 Å². The summed E-state index contributed by atoms with van der Waals surface area (Å²) in [4.78, 5) is 12.4. The van der Waals surface area contributed by atoms with Gasteiger partial charge in [-0.3, -0.25) is 9.48 Å². The molecule has 2 aromatic rings. The number of hydrogen-bond donors (Lipinski definition) is 0. The molecule has 1 heterocycles. The van der Waals surface area contributed by atoms with E-state index in [4.69, 9.17) is 4.74 Å². The summed E-state index contributed by atoms with van der Waals surface area (Å²) in [5.74, 6) is -0.173. The number of halogens is 1. The number of benzene rings is 1. The summed E-state index contributed by atoms with van der Waals surface area (Å²) in [6.45, 7) is 3.85. The second-order valence-corrected chi connectivity index (χ2v) is 4.79. The first kappa shape index (κ1) is 14.2. The highest BCUT2D eigenvalue weighted by Crippen LogP contribution is 2.23. The van der Waals surface area contributed by atoms with E-state index in [0.29, 0.717) is 17.0 Å². The molecular weight excluding hydrogens is 259 g/mol. The molecule has 2 rings (SSSR count). The summed E-state index contributed by atoms with van der Waals surface area (Å²) in [6.07, 6.45) is 1.50. The van der Waals surface area contributed by atoms with Gasteiger partial charge in [0.2, 0.25) is 0 Å². The van der Waals surface area contributed by atoms with Crippen molar-refractivity contribution >= 4 is 5.78 Å². The number of Topliss-reactive ketones (excluding diaryl/α,β-unsaturated/α-hetero) is 1. The van der Waals surface area contributed by atoms with E-state index < -0.39 is 0 Å². The third-order valence-electron chi connectivity index (χ3n) is 3.04. The molecule has 1 aromatic carbocycles. The van der Waals surface area contributed by atoms with Gasteiger partial charge in [0.05, 0.1) is 13.3 Å². The second-order valence-electron chi connectivity index (χ2n) is 4.79. The van der Waals surface area contributed by atoms with Crippen molar-refractivity contribution in [3.63, 3.8) is 0 Å². The normalized spacial score (nSPS) is 10.8. The predicted molar refractivity (Wildman–Crippen MR) is 73.6 cm³/mol. The number of ether oxygens (including phenoxy) is 1. The van der Waals surface area contributed by atoms with Gasteiger partial charge in [0.1, 0.15) is 11.5 Å². The average Bonchev–Trinajstić information content (AvgIpc) is 2.85. The lowest BCUT2D eigenvalue weighted by Gasteiger charge is -2.11. The summed E-state index contributed by atoms with van der Waals surface area (Å²) >= 11 is 0. The molecule has 4 nitrogen and oxygen atoms in total. The van der Waals surface area contributed by atoms with E-state index in [0.717, 1.165) is 0 Å². The van der Waals surface area contributed by atoms with Crippen molar-refractivity contribution in [1.82, 2.24) is 9.78 Å². The highest BCUT2D eigenvalue weighted by molar-refractivity contribution is 5.98. The number of methoxy groups -OCH3 is 1. The monoisotopic (exact) mass is 276 g/mol. The fourth-order valence-corrected chi connectivity index (χ4v) is 2.05. The minimum atomic E-state index is -0.379. The molecule has 0 radical (unpaired) electrons. The predicted octanol–water partition coefficient (Wildman–Crippen LogP) is 3.04. The minimum absolute atomic E-state index is 0.0125. The van der Waals surface area contributed by atoms with Crippen molar-refractivity contribution in [1.29, 1.82) is 0 Å². The molecule has 0 amide bonds. The van der Waals surface area contributed by atoms with Crippen LogP contribution in [0, 0.1) is 5.82 Å². The van der Waals surface area contributed by atoms with E-state index in [1.807, 2.05) is 13.8 Å². The Morgan fingerprint density at radius 1 is 1.40 bits per heavy atom. The molecule has 0 aliphatic rings. The van der Waals surface area contributed by atoms with Crippen LogP contribution in [0.5, 0.6) is 5.75 Å². The Bertz CT molecular complexity index is 620. The van der Waals surface area contributed by atoms with Crippen LogP contribution in [-0.2, 0) is 6.42 Å². The number of hydrogen-bond acceptors (Lipinski definition) is 3. The molecule has 0 atom stereocenters. The van der Waals surface area contributed by atoms with Crippen LogP contribution in [0.2, 0.25) is 0 Å². The van der Waals surface area contributed by atoms with Gasteiger partial charge < -0.3 is 4.74 Å². The van der Waals surface area contributed by atoms with Crippen molar-refractivity contribution in [2.75, 3.05) is 7.11 Å². The third-order valence-corrected chi connectivity index (χ3v) is 3.04. The molecule has 0 aliphatic carbocycles. The fourth-order valence-electron chi connectivity index (χ4n) is 2.05. The molecule has 0 fully saturated rings. The van der Waals surface area contributed by atoms with Crippen LogP contribution in [0.1, 0.15) is 35.9 Å². The Hall–Kier alpha value is -2.17. The maximum absolute atomic E-state index is 13.6. The number of carbonyl (C=O) groups is 1. The number of aromatic nitrogens is 2. The molecule has 20 heavy (non-hydrogen) atoms. The number of nitrogens with zero attached hydrogens (tertiary/aromatic N) is 2. The van der Waals surface area contributed by atoms with Crippen molar-refractivity contribution < 1.29 is 13.9 Å². The smallest absolute Gasteiger partial charge is 0.189 e. The molecule has 0 unspecified atom stereocenters. The Morgan fingerprint density at radius 3 is 2.70 bits per heavy atom. The Kier molecular flexibility index (Phi) is 4.17. The first-order valence-electron chi connectivity index (χ1n) is 6.42. The van der Waals surface area contributed by atoms with E-state index in [-0.39, 0.29) is 24.1 Å². The molecule has 0 aliphatic heterocycles. The Balaban J connectivity index is 2.34. The lowest BCUT2D eigenvalue weighted by Crippen LogP contribution is -2.15. The van der Waals surface area contributed by atoms with Gasteiger partial charge in [-0.2, -0.15) is 5.10 Å². The van der Waals surface area contributed by atoms with E-state index >= 15 is 0 Å². The highest BCUT2D eigenvalue weighted by Gasteiger charge is 2.21. The number of carbonyl (C=O) groups excluding carboxylic acids is 1. The molecule has 0 spiro atoms. The number of rotatable bonds is 5. The quantitative estimate of drug-likeness (QED) is 0.788. The molecule has 0 N–H and O–H groups in total. The lowest BCUT2D eigenvalue weighted by atomic mass is 10.1. The maximum atomic E-state index is 13.6. The fraction of sp³-hybridized carbons (Fsp3) is 0.333. The van der Waals surface area contributed by atoms with Crippen molar-refractivity contribution in [3.8, 4) is 5.75 Å². The lowest BCUT2D eigenvalue weighted by molar-refractivity contribution is 0.0976. The van der Waals surface area contributed by atoms with Crippen LogP contribution in [-0.4, -0.2) is 22.7 Å². The Morgan fingerprint density at radius 2 is 2.10 bits per heavy atom. The van der Waals surface area contributed by atoms with Gasteiger partial charge in [-0.15, -0.1) is 0 Å². The standard InChI is InChI=1S/C15H17FN2O2/c1-10(2)18-15(14(20-3)9-17-18)13(19)8-11-6-4-5-7-12(11)16/h4-7,9-10H,8H2,1-3H3. The topological polar surface area (TPSA) is 44.1 Å². The van der Waals surface area contributed by atoms with Gasteiger partial charge in [-0.1, -0.05) is 18.2 Å². The van der Waals surface area contributed by atoms with Crippen LogP contribution in [0.15, 0.2) is 30.5 Å². The maximum Gasteiger partial charge on any atom is 0.189 e. The molecular formula is C15H17FN2O2. The molecule has 5 heteroatoms. The van der Waals surface area contributed by atoms with Gasteiger partial charge in [0, 0.05) is 12.5 Å². The van der Waals surface area contributed by atoms with Crippen LogP contribution in [0.3, 0.4) is 0 Å². The first-order valence-corrected chi connectivity index (χ1v) is 6.42. The van der Waals surface area contributed by atoms with E-state index in [9.17, 15) is 9.18 Å². The van der Waals surface area contributed by atoms with Crippen molar-refractivity contribution in [2.45, 2.75) is 26.3 Å².